The molecule has 0 aliphatic heterocycles. The molecule has 2 nitrogen and oxygen atoms in total. The van der Waals surface area contributed by atoms with Crippen LogP contribution in [0.25, 0.3) is 207 Å². The normalized spacial score (nSPS) is 20.1. The van der Waals surface area contributed by atoms with E-state index in [1.54, 1.807) is 0 Å². The minimum atomic E-state index is -1.14. The first-order chi connectivity index (χ1) is 71.0. The third-order valence-electron chi connectivity index (χ3n) is 16.2. The molecule has 0 bridgehead atoms. The Kier molecular flexibility index (Phi) is 5.05. The summed E-state index contributed by atoms with van der Waals surface area (Å²) >= 11 is 0. The van der Waals surface area contributed by atoms with Crippen LogP contribution in [0.2, 0.25) is 0 Å². The van der Waals surface area contributed by atoms with Crippen LogP contribution in [0.4, 0.5) is 0 Å². The largest absolute Gasteiger partial charge is 0.455 e. The van der Waals surface area contributed by atoms with E-state index in [0.29, 0.717) is 0 Å². The first-order valence-electron chi connectivity index (χ1n) is 56.6. The van der Waals surface area contributed by atoms with Crippen molar-refractivity contribution < 1.29 is 85.6 Å². The SMILES string of the molecule is [2H]c1c([2H])c(-c2c([2H])c([2H])c3c([2H])c([2H])c4c([2H])c([2H])c([2H])c([2H])c4c3c2[2H])c([2H])c(-c2c3c([2H])c([2H])c([2H])c([2H])c3c(-c3c([2H])c([2H])c([2H])c4oc5c6c([2H])c([2H])c([2H])c([2H])c6c([2H])c([2H])c5c34)c3c([2H])c([2H])c([2H])c([2H])c23)c1[2H].[2H]c1c([2H])c(-c2c3c([2H])c([2H])c([2H])c([2H])c3c(-c3c([2H])c([2H])c4c([2H])c([2H])c5c([2H])c([2H])c([2H])c([2H])c5c4c3[2H])c3c([2H])c([2H])c([2H])c([2H])c23)c2c(oc3c4c([2H])c([2H])c([2H])c([2H])c4c([2H])c([2H])c32)c1[2H]. The Morgan fingerprint density at radius 3 is 0.885 bits per heavy atom. The summed E-state index contributed by atoms with van der Waals surface area (Å²) in [6.45, 7) is 0. The quantitative estimate of drug-likeness (QED) is 0.127. The molecule has 0 spiro atoms. The number of fused-ring (bicyclic) bond motifs is 20. The van der Waals surface area contributed by atoms with Crippen molar-refractivity contribution in [2.45, 2.75) is 0 Å². The van der Waals surface area contributed by atoms with E-state index in [4.69, 9.17) is 55.4 Å². The molecule has 0 aliphatic carbocycles. The molecule has 0 unspecified atom stereocenters. The lowest BCUT2D eigenvalue weighted by molar-refractivity contribution is 0.672. The molecule has 0 amide bonds. The van der Waals surface area contributed by atoms with E-state index in [9.17, 15) is 30.2 Å². The fourth-order valence-electron chi connectivity index (χ4n) is 12.2. The lowest BCUT2D eigenvalue weighted by atomic mass is 9.84. The molecule has 96 heavy (non-hydrogen) atoms. The van der Waals surface area contributed by atoms with E-state index < -0.39 is 546 Å². The summed E-state index contributed by atoms with van der Waals surface area (Å²) in [6.07, 6.45) is 0. The maximum absolute atomic E-state index is 9.99. The number of hydrogen-bond acceptors (Lipinski definition) is 2. The Morgan fingerprint density at radius 2 is 0.458 bits per heavy atom. The van der Waals surface area contributed by atoms with Crippen LogP contribution in [-0.4, -0.2) is 0 Å². The molecule has 0 radical (unpaired) electrons. The molecule has 0 saturated heterocycles. The molecule has 2 heterocycles. The van der Waals surface area contributed by atoms with Gasteiger partial charge in [0.05, 0.1) is 76.8 Å². The van der Waals surface area contributed by atoms with Crippen LogP contribution in [0.3, 0.4) is 0 Å². The fourth-order valence-corrected chi connectivity index (χ4v) is 12.2. The van der Waals surface area contributed by atoms with Crippen molar-refractivity contribution in [3.05, 3.63) is 338 Å². The predicted octanol–water partition coefficient (Wildman–Crippen LogP) is 27.0. The van der Waals surface area contributed by atoms with Crippen LogP contribution >= 0.6 is 0 Å². The van der Waals surface area contributed by atoms with Crippen molar-refractivity contribution in [1.29, 1.82) is 0 Å². The van der Waals surface area contributed by atoms with Crippen molar-refractivity contribution in [1.82, 2.24) is 0 Å². The molecule has 2 aromatic heterocycles. The van der Waals surface area contributed by atoms with Crippen molar-refractivity contribution in [3.8, 4) is 55.6 Å². The molecule has 19 aromatic carbocycles. The molecule has 444 valence electrons. The maximum Gasteiger partial charge on any atom is 0.143 e. The molecule has 0 fully saturated rings. The third kappa shape index (κ3) is 8.32. The first-order valence-corrected chi connectivity index (χ1v) is 28.6. The van der Waals surface area contributed by atoms with Gasteiger partial charge in [0.25, 0.3) is 0 Å². The lowest BCUT2D eigenvalue weighted by Crippen LogP contribution is -1.91. The van der Waals surface area contributed by atoms with Crippen molar-refractivity contribution >= 4 is 152 Å². The van der Waals surface area contributed by atoms with Crippen LogP contribution in [-0.2, 0) is 0 Å². The number of benzene rings is 19. The zero-order chi connectivity index (χ0) is 112. The van der Waals surface area contributed by atoms with E-state index >= 15 is 0 Å². The number of furan rings is 2. The zero-order valence-electron chi connectivity index (χ0n) is 104. The van der Waals surface area contributed by atoms with Gasteiger partial charge in [-0.15, -0.1) is 0 Å². The Bertz CT molecular complexity index is 10200. The first kappa shape index (κ1) is 22.6. The molecular weight excluding hydrogens is 1160 g/mol. The maximum atomic E-state index is 9.99. The van der Waals surface area contributed by atoms with Gasteiger partial charge >= 0.3 is 0 Å². The molecule has 0 saturated carbocycles. The second kappa shape index (κ2) is 21.5. The average Bonchev–Trinajstić information content (AvgIpc) is 1.21. The van der Waals surface area contributed by atoms with Crippen LogP contribution in [0, 0.1) is 0 Å². The Balaban J connectivity index is 0.000000185. The highest BCUT2D eigenvalue weighted by molar-refractivity contribution is 6.30. The highest BCUT2D eigenvalue weighted by Gasteiger charge is 2.24. The second-order valence-corrected chi connectivity index (χ2v) is 21.3. The molecular formula is C94H56O2. The van der Waals surface area contributed by atoms with E-state index in [-0.39, 0.29) is 0 Å². The average molecular weight is 1270 g/mol. The smallest absolute Gasteiger partial charge is 0.143 e. The van der Waals surface area contributed by atoms with Gasteiger partial charge in [0, 0.05) is 32.3 Å². The van der Waals surface area contributed by atoms with Crippen LogP contribution in [0.1, 0.15) is 76.8 Å². The molecule has 2 heteroatoms. The molecule has 21 rings (SSSR count). The number of rotatable bonds is 5. The summed E-state index contributed by atoms with van der Waals surface area (Å²) in [7, 11) is 0. The van der Waals surface area contributed by atoms with Gasteiger partial charge < -0.3 is 8.83 Å². The van der Waals surface area contributed by atoms with E-state index in [2.05, 4.69) is 0 Å². The van der Waals surface area contributed by atoms with E-state index in [0.717, 1.165) is 0 Å². The van der Waals surface area contributed by atoms with Gasteiger partial charge in [-0.3, -0.25) is 0 Å². The summed E-state index contributed by atoms with van der Waals surface area (Å²) in [4.78, 5) is 0. The Hall–Kier alpha value is -12.6. The third-order valence-corrected chi connectivity index (χ3v) is 16.2. The summed E-state index contributed by atoms with van der Waals surface area (Å²) in [5, 5.41) is -14.6. The fraction of sp³-hybridized carbons (Fsp3) is 0. The van der Waals surface area contributed by atoms with Gasteiger partial charge in [0.15, 0.2) is 0 Å². The Labute approximate surface area is 631 Å². The summed E-state index contributed by atoms with van der Waals surface area (Å²) in [5.74, 6) is 0. The summed E-state index contributed by atoms with van der Waals surface area (Å²) in [5.41, 5.74) is -10.3. The minimum absolute atomic E-state index is 0.445. The second-order valence-electron chi connectivity index (χ2n) is 21.3. The molecule has 0 atom stereocenters. The summed E-state index contributed by atoms with van der Waals surface area (Å²) < 4.78 is 520. The van der Waals surface area contributed by atoms with E-state index in [1.165, 1.54) is 0 Å². The van der Waals surface area contributed by atoms with E-state index in [1.807, 2.05) is 0 Å². The lowest BCUT2D eigenvalue weighted by Gasteiger charge is -2.18. The van der Waals surface area contributed by atoms with Crippen LogP contribution in [0.5, 0.6) is 0 Å². The predicted molar refractivity (Wildman–Crippen MR) is 410 cm³/mol. The monoisotopic (exact) mass is 1270 g/mol. The minimum Gasteiger partial charge on any atom is -0.455 e. The van der Waals surface area contributed by atoms with Crippen LogP contribution in [0.15, 0.2) is 347 Å². The van der Waals surface area contributed by atoms with Gasteiger partial charge in [-0.25, -0.2) is 0 Å². The van der Waals surface area contributed by atoms with Crippen molar-refractivity contribution in [2.75, 3.05) is 0 Å². The Morgan fingerprint density at radius 1 is 0.177 bits per heavy atom. The summed E-state index contributed by atoms with van der Waals surface area (Å²) in [6, 6.07) is -51.2. The van der Waals surface area contributed by atoms with Gasteiger partial charge in [-0.1, -0.05) is 296 Å². The molecule has 0 N–H and O–H groups in total. The highest BCUT2D eigenvalue weighted by Crippen LogP contribution is 2.51. The topological polar surface area (TPSA) is 26.3 Å². The van der Waals surface area contributed by atoms with Crippen LogP contribution < -0.4 is 0 Å². The van der Waals surface area contributed by atoms with Gasteiger partial charge in [0.1, 0.15) is 22.3 Å². The van der Waals surface area contributed by atoms with Crippen molar-refractivity contribution in [2.24, 2.45) is 0 Å². The highest BCUT2D eigenvalue weighted by atomic mass is 16.3. The zero-order valence-corrected chi connectivity index (χ0v) is 47.8. The van der Waals surface area contributed by atoms with Gasteiger partial charge in [-0.05, 0) is 195 Å². The number of hydrogen-bond donors (Lipinski definition) is 0. The molecule has 21 aromatic rings. The van der Waals surface area contributed by atoms with Gasteiger partial charge in [0.2, 0.25) is 0 Å². The molecule has 0 aliphatic rings. The van der Waals surface area contributed by atoms with Gasteiger partial charge in [-0.2, -0.15) is 0 Å². The standard InChI is InChI=1S/C50H30O.C44H26O/c1-3-15-37-31(11-1)23-24-33-25-26-35(30-45(33)37)34-13-9-14-36(29-34)47-39-17-5-7-19-41(39)48(42-20-8-6-18-40(42)47)43-21-10-22-46-49(43)44-28-27-32-12-2-4-16-38(32)50(44)51-46;1-3-12-31-27(10-1)20-21-29-22-23-30(26-39(29)31)41-33-14-5-7-16-35(33)42(36-17-8-6-15-34(36)41)37-18-9-19-40-43(37)38-25-24-28-11-2-4-13-32(28)44(38)45-40/h1-30H;1-26H/i1D,2D,3D,4D,5D,6D,7D,8D,9D,10D,11D,12D,13D,14D,15D,16D,17D,18D,19D,20D,21D,22D,23D,24D,25D,26D,27D,28D,29D,30D;1D,2D,3D,4D,5D,6D,7D,8D,9D,10D,11D,12D,13D,14D,15D,16D,17D,18D,19D,20D,21D,22D,23D,24D,25D,26D. The van der Waals surface area contributed by atoms with Crippen molar-refractivity contribution in [3.63, 3.8) is 0 Å².